The maximum absolute atomic E-state index is 13.0. The summed E-state index contributed by atoms with van der Waals surface area (Å²) >= 11 is 0. The Morgan fingerprint density at radius 3 is 1.07 bits per heavy atom. The van der Waals surface area contributed by atoms with E-state index in [1.54, 1.807) is 27.7 Å². The summed E-state index contributed by atoms with van der Waals surface area (Å²) < 4.78 is 90.0. The summed E-state index contributed by atoms with van der Waals surface area (Å²) in [7, 11) is -3.57. The molecule has 0 saturated carbocycles. The van der Waals surface area contributed by atoms with Crippen molar-refractivity contribution in [2.75, 3.05) is 0 Å². The molecule has 0 spiro atoms. The maximum atomic E-state index is 13.0. The molecule has 0 aliphatic rings. The van der Waals surface area contributed by atoms with Crippen LogP contribution in [0.1, 0.15) is 38.8 Å². The van der Waals surface area contributed by atoms with E-state index in [9.17, 15) is 26.3 Å². The summed E-state index contributed by atoms with van der Waals surface area (Å²) in [5.74, 6) is 0. The molecule has 160 valence electrons. The topological polar surface area (TPSA) is 18.5 Å². The van der Waals surface area contributed by atoms with Crippen LogP contribution in [0.25, 0.3) is 0 Å². The zero-order valence-electron chi connectivity index (χ0n) is 16.4. The summed E-state index contributed by atoms with van der Waals surface area (Å²) in [6.07, 6.45) is -9.75. The molecule has 2 aromatic rings. The molecule has 2 nitrogen and oxygen atoms in total. The van der Waals surface area contributed by atoms with Crippen LogP contribution in [-0.2, 0) is 21.2 Å². The van der Waals surface area contributed by atoms with Gasteiger partial charge in [0.05, 0.1) is 11.1 Å². The van der Waals surface area contributed by atoms with Crippen LogP contribution in [0, 0.1) is 0 Å². The van der Waals surface area contributed by atoms with Crippen LogP contribution in [0.2, 0.25) is 0 Å². The van der Waals surface area contributed by atoms with E-state index in [1.807, 2.05) is 0 Å². The Labute approximate surface area is 166 Å². The number of benzene rings is 2. The molecule has 0 aliphatic heterocycles. The fourth-order valence-electron chi connectivity index (χ4n) is 2.89. The van der Waals surface area contributed by atoms with Gasteiger partial charge in [0.1, 0.15) is 0 Å². The first-order chi connectivity index (χ1) is 13.3. The third kappa shape index (κ3) is 5.61. The lowest BCUT2D eigenvalue weighted by molar-refractivity contribution is -0.138. The zero-order chi connectivity index (χ0) is 22.0. The lowest BCUT2D eigenvalue weighted by atomic mass is 10.2. The average molecular weight is 436 g/mol. The van der Waals surface area contributed by atoms with E-state index in [0.717, 1.165) is 24.3 Å². The van der Waals surface area contributed by atoms with E-state index in [-0.39, 0.29) is 12.2 Å². The highest BCUT2D eigenvalue weighted by Gasteiger charge is 2.45. The predicted octanol–water partition coefficient (Wildman–Crippen LogP) is 5.13. The largest absolute Gasteiger partial charge is 0.416 e. The van der Waals surface area contributed by atoms with E-state index >= 15 is 0 Å². The van der Waals surface area contributed by atoms with Gasteiger partial charge in [-0.3, -0.25) is 0 Å². The third-order valence-corrected chi connectivity index (χ3v) is 7.78. The van der Waals surface area contributed by atoms with Crippen molar-refractivity contribution < 1.29 is 35.2 Å². The van der Waals surface area contributed by atoms with Crippen molar-refractivity contribution in [2.45, 2.75) is 52.3 Å². The second-order valence-electron chi connectivity index (χ2n) is 7.10. The van der Waals surface area contributed by atoms with Gasteiger partial charge >= 0.3 is 20.9 Å². The van der Waals surface area contributed by atoms with E-state index in [1.165, 1.54) is 24.3 Å². The van der Waals surface area contributed by atoms with Gasteiger partial charge in [-0.2, -0.15) is 26.3 Å². The Hall–Kier alpha value is -1.84. The van der Waals surface area contributed by atoms with Crippen LogP contribution < -0.4 is 10.4 Å². The Morgan fingerprint density at radius 2 is 0.862 bits per heavy atom. The SMILES string of the molecule is CC(C)O[Si](OC(C)C)(c1ccc(C(F)(F)F)cc1)c1ccc(C(F)(F)F)cc1. The van der Waals surface area contributed by atoms with Crippen LogP contribution in [0.3, 0.4) is 0 Å². The molecule has 9 heteroatoms. The standard InChI is InChI=1S/C20H22F6O2Si/c1-13(2)27-29(28-14(3)4,17-9-5-15(6-10-17)19(21,22)23)18-11-7-16(8-12-18)20(24,25)26/h5-14H,1-4H3. The molecule has 0 bridgehead atoms. The van der Waals surface area contributed by atoms with Crippen LogP contribution in [0.4, 0.5) is 26.3 Å². The van der Waals surface area contributed by atoms with Crippen LogP contribution >= 0.6 is 0 Å². The quantitative estimate of drug-likeness (QED) is 0.462. The highest BCUT2D eigenvalue weighted by atomic mass is 28.4. The van der Waals surface area contributed by atoms with E-state index in [2.05, 4.69) is 0 Å². The lowest BCUT2D eigenvalue weighted by Crippen LogP contribution is -2.65. The van der Waals surface area contributed by atoms with Gasteiger partial charge in [0.2, 0.25) is 0 Å². The van der Waals surface area contributed by atoms with Gasteiger partial charge in [-0.15, -0.1) is 0 Å². The molecule has 0 atom stereocenters. The highest BCUT2D eigenvalue weighted by Crippen LogP contribution is 2.30. The van der Waals surface area contributed by atoms with Gasteiger partial charge in [-0.25, -0.2) is 0 Å². The minimum Gasteiger partial charge on any atom is -0.385 e. The molecule has 0 amide bonds. The number of halogens is 6. The minimum absolute atomic E-state index is 0.370. The van der Waals surface area contributed by atoms with Gasteiger partial charge in [0.25, 0.3) is 0 Å². The second-order valence-corrected chi connectivity index (χ2v) is 9.96. The smallest absolute Gasteiger partial charge is 0.385 e. The molecule has 2 rings (SSSR count). The van der Waals surface area contributed by atoms with Crippen molar-refractivity contribution in [3.05, 3.63) is 59.7 Å². The number of hydrogen-bond acceptors (Lipinski definition) is 2. The summed E-state index contributed by atoms with van der Waals surface area (Å²) in [5.41, 5.74) is -1.66. The summed E-state index contributed by atoms with van der Waals surface area (Å²) in [5, 5.41) is 0.764. The third-order valence-electron chi connectivity index (χ3n) is 3.99. The van der Waals surface area contributed by atoms with E-state index < -0.39 is 32.0 Å². The van der Waals surface area contributed by atoms with E-state index in [0.29, 0.717) is 10.4 Å². The number of hydrogen-bond donors (Lipinski definition) is 0. The Bertz CT molecular complexity index is 726. The van der Waals surface area contributed by atoms with Gasteiger partial charge in [-0.05, 0) is 62.3 Å². The first-order valence-corrected chi connectivity index (χ1v) is 10.8. The number of alkyl halides is 6. The molecule has 0 aromatic heterocycles. The minimum atomic E-state index is -4.51. The molecule has 0 saturated heterocycles. The first-order valence-electron chi connectivity index (χ1n) is 8.97. The summed E-state index contributed by atoms with van der Waals surface area (Å²) in [6.45, 7) is 6.94. The van der Waals surface area contributed by atoms with Crippen LogP contribution in [0.15, 0.2) is 48.5 Å². The Balaban J connectivity index is 2.64. The molecule has 0 fully saturated rings. The Morgan fingerprint density at radius 1 is 0.586 bits per heavy atom. The molecule has 0 heterocycles. The zero-order valence-corrected chi connectivity index (χ0v) is 17.4. The molecule has 29 heavy (non-hydrogen) atoms. The second kappa shape index (κ2) is 8.49. The molecule has 0 unspecified atom stereocenters. The normalized spacial score (nSPS) is 13.4. The van der Waals surface area contributed by atoms with Gasteiger partial charge in [0.15, 0.2) is 0 Å². The van der Waals surface area contributed by atoms with Crippen molar-refractivity contribution in [1.29, 1.82) is 0 Å². The predicted molar refractivity (Wildman–Crippen MR) is 100 cm³/mol. The fraction of sp³-hybridized carbons (Fsp3) is 0.400. The number of rotatable bonds is 6. The van der Waals surface area contributed by atoms with Crippen molar-refractivity contribution in [2.24, 2.45) is 0 Å². The Kier molecular flexibility index (Phi) is 6.86. The fourth-order valence-corrected chi connectivity index (χ4v) is 6.36. The van der Waals surface area contributed by atoms with Gasteiger partial charge < -0.3 is 8.85 Å². The van der Waals surface area contributed by atoms with E-state index in [4.69, 9.17) is 8.85 Å². The van der Waals surface area contributed by atoms with Crippen molar-refractivity contribution in [3.8, 4) is 0 Å². The monoisotopic (exact) mass is 436 g/mol. The van der Waals surface area contributed by atoms with Gasteiger partial charge in [-0.1, -0.05) is 24.3 Å². The van der Waals surface area contributed by atoms with Crippen molar-refractivity contribution in [1.82, 2.24) is 0 Å². The van der Waals surface area contributed by atoms with Crippen LogP contribution in [0.5, 0.6) is 0 Å². The maximum Gasteiger partial charge on any atom is 0.416 e. The molecule has 0 radical (unpaired) electrons. The van der Waals surface area contributed by atoms with Gasteiger partial charge in [0, 0.05) is 12.2 Å². The summed E-state index contributed by atoms with van der Waals surface area (Å²) in [4.78, 5) is 0. The first kappa shape index (κ1) is 23.4. The average Bonchev–Trinajstić information content (AvgIpc) is 2.59. The molecular formula is C20H22F6O2Si. The van der Waals surface area contributed by atoms with Crippen LogP contribution in [-0.4, -0.2) is 20.8 Å². The molecule has 0 N–H and O–H groups in total. The molecule has 0 aliphatic carbocycles. The molecular weight excluding hydrogens is 414 g/mol. The van der Waals surface area contributed by atoms with Crippen molar-refractivity contribution in [3.63, 3.8) is 0 Å². The lowest BCUT2D eigenvalue weighted by Gasteiger charge is -2.35. The highest BCUT2D eigenvalue weighted by molar-refractivity contribution is 6.92. The summed E-state index contributed by atoms with van der Waals surface area (Å²) in [6, 6.07) is 8.80. The molecule has 2 aromatic carbocycles. The van der Waals surface area contributed by atoms with Crippen molar-refractivity contribution >= 4 is 18.9 Å².